The molecule has 148 valence electrons. The van der Waals surface area contributed by atoms with Crippen LogP contribution in [-0.2, 0) is 11.3 Å². The number of nitrogens with zero attached hydrogens (tertiary/aromatic N) is 1. The van der Waals surface area contributed by atoms with Gasteiger partial charge in [-0.3, -0.25) is 0 Å². The van der Waals surface area contributed by atoms with Crippen LogP contribution < -0.4 is 24.8 Å². The molecule has 0 radical (unpaired) electrons. The number of benzene rings is 1. The Morgan fingerprint density at radius 2 is 1.81 bits per heavy atom. The van der Waals surface area contributed by atoms with Crippen molar-refractivity contribution in [3.05, 3.63) is 17.7 Å². The third kappa shape index (κ3) is 6.39. The molecule has 2 N–H and O–H groups in total. The second-order valence-electron chi connectivity index (χ2n) is 5.73. The summed E-state index contributed by atoms with van der Waals surface area (Å²) in [6.45, 7) is 4.91. The van der Waals surface area contributed by atoms with E-state index in [1.807, 2.05) is 19.1 Å². The van der Waals surface area contributed by atoms with E-state index in [0.29, 0.717) is 18.0 Å². The number of halogens is 1. The number of guanidine groups is 1. The quantitative estimate of drug-likeness (QED) is 0.339. The van der Waals surface area contributed by atoms with E-state index >= 15 is 0 Å². The molecule has 0 aliphatic carbocycles. The predicted octanol–water partition coefficient (Wildman–Crippen LogP) is 2.56. The molecule has 26 heavy (non-hydrogen) atoms. The molecule has 1 saturated heterocycles. The van der Waals surface area contributed by atoms with Crippen molar-refractivity contribution in [3.63, 3.8) is 0 Å². The molecular weight excluding hydrogens is 449 g/mol. The lowest BCUT2D eigenvalue weighted by Gasteiger charge is -2.16. The molecule has 8 heteroatoms. The average molecular weight is 479 g/mol. The minimum absolute atomic E-state index is 0. The molecule has 0 bridgehead atoms. The molecule has 0 amide bonds. The Balaban J connectivity index is 0.00000338. The van der Waals surface area contributed by atoms with Crippen molar-refractivity contribution in [3.8, 4) is 17.2 Å². The van der Waals surface area contributed by atoms with E-state index in [4.69, 9.17) is 18.9 Å². The first kappa shape index (κ1) is 22.6. The summed E-state index contributed by atoms with van der Waals surface area (Å²) in [5.41, 5.74) is 0.925. The highest BCUT2D eigenvalue weighted by atomic mass is 127. The number of hydrogen-bond acceptors (Lipinski definition) is 5. The molecule has 7 nitrogen and oxygen atoms in total. The zero-order chi connectivity index (χ0) is 18.1. The van der Waals surface area contributed by atoms with Crippen LogP contribution in [0.1, 0.15) is 25.3 Å². The number of hydrogen-bond donors (Lipinski definition) is 2. The Kier molecular flexibility index (Phi) is 10.5. The third-order valence-corrected chi connectivity index (χ3v) is 4.06. The van der Waals surface area contributed by atoms with Crippen molar-refractivity contribution < 1.29 is 18.9 Å². The largest absolute Gasteiger partial charge is 0.496 e. The smallest absolute Gasteiger partial charge is 0.191 e. The van der Waals surface area contributed by atoms with Gasteiger partial charge in [-0.15, -0.1) is 24.0 Å². The second-order valence-corrected chi connectivity index (χ2v) is 5.73. The van der Waals surface area contributed by atoms with Gasteiger partial charge in [0, 0.05) is 31.3 Å². The van der Waals surface area contributed by atoms with E-state index in [9.17, 15) is 0 Å². The van der Waals surface area contributed by atoms with Crippen LogP contribution in [-0.4, -0.2) is 53.1 Å². The van der Waals surface area contributed by atoms with E-state index in [0.717, 1.165) is 49.8 Å². The summed E-state index contributed by atoms with van der Waals surface area (Å²) in [5, 5.41) is 6.59. The van der Waals surface area contributed by atoms with E-state index in [-0.39, 0.29) is 30.1 Å². The van der Waals surface area contributed by atoms with Crippen LogP contribution in [0, 0.1) is 0 Å². The summed E-state index contributed by atoms with van der Waals surface area (Å²) in [4.78, 5) is 4.65. The van der Waals surface area contributed by atoms with Crippen LogP contribution in [0.25, 0.3) is 0 Å². The van der Waals surface area contributed by atoms with Gasteiger partial charge in [0.25, 0.3) is 0 Å². The van der Waals surface area contributed by atoms with Crippen molar-refractivity contribution in [2.75, 3.05) is 41.0 Å². The van der Waals surface area contributed by atoms with Crippen molar-refractivity contribution in [2.24, 2.45) is 4.99 Å². The first-order chi connectivity index (χ1) is 12.2. The number of nitrogens with one attached hydrogen (secondary N) is 2. The lowest BCUT2D eigenvalue weighted by Crippen LogP contribution is -2.41. The van der Waals surface area contributed by atoms with Gasteiger partial charge in [0.2, 0.25) is 0 Å². The highest BCUT2D eigenvalue weighted by Crippen LogP contribution is 2.34. The van der Waals surface area contributed by atoms with Gasteiger partial charge >= 0.3 is 0 Å². The molecule has 0 spiro atoms. The van der Waals surface area contributed by atoms with Crippen molar-refractivity contribution in [1.29, 1.82) is 0 Å². The molecule has 1 unspecified atom stereocenters. The van der Waals surface area contributed by atoms with Gasteiger partial charge in [-0.1, -0.05) is 0 Å². The summed E-state index contributed by atoms with van der Waals surface area (Å²) in [6.07, 6.45) is 2.48. The van der Waals surface area contributed by atoms with Crippen LogP contribution >= 0.6 is 24.0 Å². The van der Waals surface area contributed by atoms with Crippen molar-refractivity contribution >= 4 is 29.9 Å². The van der Waals surface area contributed by atoms with E-state index in [2.05, 4.69) is 15.6 Å². The Labute approximate surface area is 172 Å². The molecule has 1 heterocycles. The van der Waals surface area contributed by atoms with E-state index < -0.39 is 0 Å². The van der Waals surface area contributed by atoms with E-state index in [1.165, 1.54) is 0 Å². The molecular formula is C18H30IN3O4. The average Bonchev–Trinajstić information content (AvgIpc) is 3.16. The fraction of sp³-hybridized carbons (Fsp3) is 0.611. The van der Waals surface area contributed by atoms with Gasteiger partial charge in [-0.2, -0.15) is 0 Å². The third-order valence-electron chi connectivity index (χ3n) is 4.06. The highest BCUT2D eigenvalue weighted by molar-refractivity contribution is 14.0. The standard InChI is InChI=1S/C18H29N3O4.HI/c1-5-19-18(21-12-14-7-6-8-25-14)20-11-13-9-16(23-3)17(24-4)10-15(13)22-2;/h9-10,14H,5-8,11-12H2,1-4H3,(H2,19,20,21);1H. The molecule has 1 aromatic rings. The lowest BCUT2D eigenvalue weighted by molar-refractivity contribution is 0.114. The normalized spacial score (nSPS) is 16.6. The zero-order valence-electron chi connectivity index (χ0n) is 16.0. The first-order valence-corrected chi connectivity index (χ1v) is 8.64. The Morgan fingerprint density at radius 1 is 1.12 bits per heavy atom. The van der Waals surface area contributed by atoms with Crippen LogP contribution in [0.3, 0.4) is 0 Å². The van der Waals surface area contributed by atoms with Crippen LogP contribution in [0.15, 0.2) is 17.1 Å². The van der Waals surface area contributed by atoms with Gasteiger partial charge in [-0.25, -0.2) is 4.99 Å². The fourth-order valence-electron chi connectivity index (χ4n) is 2.74. The molecule has 0 aromatic heterocycles. The maximum absolute atomic E-state index is 5.64. The van der Waals surface area contributed by atoms with Crippen molar-refractivity contribution in [1.82, 2.24) is 10.6 Å². The molecule has 1 aliphatic heterocycles. The number of rotatable bonds is 8. The molecule has 1 aliphatic rings. The van der Waals surface area contributed by atoms with Gasteiger partial charge in [0.1, 0.15) is 5.75 Å². The van der Waals surface area contributed by atoms with Gasteiger partial charge in [0.15, 0.2) is 17.5 Å². The molecule has 1 fully saturated rings. The number of aliphatic imine (C=N–C) groups is 1. The SMILES string of the molecule is CCNC(=NCc1cc(OC)c(OC)cc1OC)NCC1CCCO1.I. The summed E-state index contributed by atoms with van der Waals surface area (Å²) >= 11 is 0. The van der Waals surface area contributed by atoms with Crippen LogP contribution in [0.2, 0.25) is 0 Å². The lowest BCUT2D eigenvalue weighted by atomic mass is 10.1. The Morgan fingerprint density at radius 3 is 2.38 bits per heavy atom. The molecule has 0 saturated carbocycles. The van der Waals surface area contributed by atoms with Gasteiger partial charge in [0.05, 0.1) is 34.0 Å². The number of methoxy groups -OCH3 is 3. The molecule has 1 aromatic carbocycles. The van der Waals surface area contributed by atoms with Gasteiger partial charge in [-0.05, 0) is 25.8 Å². The summed E-state index contributed by atoms with van der Waals surface area (Å²) in [7, 11) is 4.85. The molecule has 2 rings (SSSR count). The predicted molar refractivity (Wildman–Crippen MR) is 113 cm³/mol. The Bertz CT molecular complexity index is 578. The first-order valence-electron chi connectivity index (χ1n) is 8.64. The fourth-order valence-corrected chi connectivity index (χ4v) is 2.74. The maximum Gasteiger partial charge on any atom is 0.191 e. The van der Waals surface area contributed by atoms with Crippen molar-refractivity contribution in [2.45, 2.75) is 32.4 Å². The summed E-state index contributed by atoms with van der Waals surface area (Å²) in [5.74, 6) is 2.77. The number of ether oxygens (including phenoxy) is 4. The minimum atomic E-state index is 0. The monoisotopic (exact) mass is 479 g/mol. The minimum Gasteiger partial charge on any atom is -0.496 e. The van der Waals surface area contributed by atoms with Crippen LogP contribution in [0.5, 0.6) is 17.2 Å². The Hall–Kier alpha value is -1.42. The second kappa shape index (κ2) is 12.1. The topological polar surface area (TPSA) is 73.3 Å². The summed E-state index contributed by atoms with van der Waals surface area (Å²) in [6, 6.07) is 3.71. The summed E-state index contributed by atoms with van der Waals surface area (Å²) < 4.78 is 21.8. The zero-order valence-corrected chi connectivity index (χ0v) is 18.3. The van der Waals surface area contributed by atoms with E-state index in [1.54, 1.807) is 21.3 Å². The van der Waals surface area contributed by atoms with Crippen LogP contribution in [0.4, 0.5) is 0 Å². The molecule has 1 atom stereocenters. The maximum atomic E-state index is 5.64. The van der Waals surface area contributed by atoms with Gasteiger partial charge < -0.3 is 29.6 Å². The highest BCUT2D eigenvalue weighted by Gasteiger charge is 2.16.